The van der Waals surface area contributed by atoms with Crippen molar-refractivity contribution in [2.75, 3.05) is 0 Å². The molecule has 0 aliphatic heterocycles. The van der Waals surface area contributed by atoms with Crippen LogP contribution >= 0.6 is 49.1 Å². The Labute approximate surface area is 142 Å². The van der Waals surface area contributed by atoms with Gasteiger partial charge in [-0.25, -0.2) is 0 Å². The van der Waals surface area contributed by atoms with E-state index in [1.54, 1.807) is 0 Å². The molecular formula is C10H23I3O2Si3. The second-order valence-corrected chi connectivity index (χ2v) is 41.3. The Hall–Kier alpha value is 2.24. The molecule has 0 aliphatic rings. The van der Waals surface area contributed by atoms with Crippen molar-refractivity contribution >= 4 is 74.3 Å². The van der Waals surface area contributed by atoms with E-state index in [9.17, 15) is 0 Å². The van der Waals surface area contributed by atoms with E-state index in [4.69, 9.17) is 8.23 Å². The van der Waals surface area contributed by atoms with Gasteiger partial charge in [-0.3, -0.25) is 0 Å². The molecule has 0 rings (SSSR count). The number of hydrogen-bond donors (Lipinski definition) is 0. The molecule has 0 bridgehead atoms. The summed E-state index contributed by atoms with van der Waals surface area (Å²) in [6, 6.07) is 0. The van der Waals surface area contributed by atoms with Crippen molar-refractivity contribution < 1.29 is 8.23 Å². The van der Waals surface area contributed by atoms with Crippen LogP contribution in [-0.2, 0) is 8.23 Å². The molecule has 0 aromatic heterocycles. The van der Waals surface area contributed by atoms with Crippen LogP contribution in [0.1, 0.15) is 0 Å². The van der Waals surface area contributed by atoms with Gasteiger partial charge in [0.2, 0.25) is 0 Å². The van der Waals surface area contributed by atoms with Gasteiger partial charge in [0.1, 0.15) is 0 Å². The molecule has 0 saturated carbocycles. The van der Waals surface area contributed by atoms with Crippen LogP contribution in [0.2, 0.25) is 39.3 Å². The summed E-state index contributed by atoms with van der Waals surface area (Å²) in [5, 5.41) is 0. The van der Waals surface area contributed by atoms with Crippen LogP contribution in [0.5, 0.6) is 0 Å². The summed E-state index contributed by atoms with van der Waals surface area (Å²) in [5.41, 5.74) is 4.31. The average molecular weight is 640 g/mol. The van der Waals surface area contributed by atoms with Gasteiger partial charge in [-0.2, -0.15) is 0 Å². The van der Waals surface area contributed by atoms with Gasteiger partial charge in [-0.05, 0) is 0 Å². The molecule has 0 amide bonds. The Bertz CT molecular complexity index is 317. The van der Waals surface area contributed by atoms with Crippen LogP contribution < -0.4 is 0 Å². The van der Waals surface area contributed by atoms with Crippen molar-refractivity contribution in [3.8, 4) is 0 Å². The summed E-state index contributed by atoms with van der Waals surface area (Å²) in [5.74, 6) is 0. The Morgan fingerprint density at radius 2 is 1.39 bits per heavy atom. The summed E-state index contributed by atoms with van der Waals surface area (Å²) in [6.07, 6.45) is 0. The third-order valence-corrected chi connectivity index (χ3v) is 17.4. The zero-order valence-corrected chi connectivity index (χ0v) is 21.4. The van der Waals surface area contributed by atoms with Gasteiger partial charge in [-0.15, -0.1) is 0 Å². The van der Waals surface area contributed by atoms with Crippen molar-refractivity contribution in [3.63, 3.8) is 0 Å². The number of rotatable bonds is 7. The van der Waals surface area contributed by atoms with Crippen molar-refractivity contribution in [1.82, 2.24) is 0 Å². The van der Waals surface area contributed by atoms with E-state index in [0.717, 1.165) is 0 Å². The van der Waals surface area contributed by atoms with Crippen LogP contribution in [0.15, 0.2) is 22.1 Å². The maximum atomic E-state index is 6.39. The molecule has 0 spiro atoms. The molecular weight excluding hydrogens is 617 g/mol. The zero-order valence-electron chi connectivity index (χ0n) is 11.9. The first-order valence-corrected chi connectivity index (χ1v) is 28.2. The Kier molecular flexibility index (Phi) is 9.03. The molecule has 0 fully saturated rings. The molecule has 0 atom stereocenters. The van der Waals surface area contributed by atoms with Gasteiger partial charge in [0.05, 0.1) is 0 Å². The predicted octanol–water partition coefficient (Wildman–Crippen LogP) is 6.12. The molecule has 0 aliphatic carbocycles. The van der Waals surface area contributed by atoms with Crippen LogP contribution in [0, 0.1) is 0 Å². The summed E-state index contributed by atoms with van der Waals surface area (Å²) in [4.78, 5) is 0. The normalized spacial score (nSPS) is 15.0. The molecule has 0 radical (unpaired) electrons. The fraction of sp³-hybridized carbons (Fsp3) is 0.600. The van der Waals surface area contributed by atoms with E-state index >= 15 is 0 Å². The molecule has 108 valence electrons. The minimum atomic E-state index is -2.05. The average Bonchev–Trinajstić information content (AvgIpc) is 2.11. The Morgan fingerprint density at radius 3 is 1.78 bits per heavy atom. The molecule has 0 N–H and O–H groups in total. The maximum absolute atomic E-state index is 6.39. The molecule has 0 aromatic rings. The van der Waals surface area contributed by atoms with Crippen molar-refractivity contribution in [2.45, 2.75) is 39.3 Å². The third kappa shape index (κ3) is 10.0. The summed E-state index contributed by atoms with van der Waals surface area (Å²) in [6.45, 7) is 17.0. The first-order valence-electron chi connectivity index (χ1n) is 5.64. The summed E-state index contributed by atoms with van der Waals surface area (Å²) in [7, 11) is -5.55. The fourth-order valence-corrected chi connectivity index (χ4v) is 22.1. The van der Waals surface area contributed by atoms with Gasteiger partial charge < -0.3 is 0 Å². The van der Waals surface area contributed by atoms with E-state index in [0.29, 0.717) is 0 Å². The zero-order chi connectivity index (χ0) is 14.6. The van der Waals surface area contributed by atoms with E-state index in [-0.39, 0.29) is 0 Å². The number of halogens is 3. The molecule has 18 heavy (non-hydrogen) atoms. The van der Waals surface area contributed by atoms with E-state index in [1.165, 1.54) is 0 Å². The fourth-order valence-electron chi connectivity index (χ4n) is 1.56. The minimum absolute atomic E-state index is 0.862. The van der Waals surface area contributed by atoms with E-state index in [1.807, 2.05) is 5.70 Å². The number of hydrogen-bond acceptors (Lipinski definition) is 2. The molecule has 8 heteroatoms. The van der Waals surface area contributed by atoms with Gasteiger partial charge in [0.15, 0.2) is 0 Å². The molecule has 0 heterocycles. The predicted molar refractivity (Wildman–Crippen MR) is 116 cm³/mol. The van der Waals surface area contributed by atoms with Crippen LogP contribution in [0.4, 0.5) is 0 Å². The van der Waals surface area contributed by atoms with Gasteiger partial charge in [-0.1, -0.05) is 0 Å². The first-order chi connectivity index (χ1) is 7.89. The van der Waals surface area contributed by atoms with Crippen molar-refractivity contribution in [2.24, 2.45) is 0 Å². The van der Waals surface area contributed by atoms with Gasteiger partial charge in [0.25, 0.3) is 0 Å². The summed E-state index contributed by atoms with van der Waals surface area (Å²) < 4.78 is 15.0. The monoisotopic (exact) mass is 640 g/mol. The second-order valence-electron chi connectivity index (χ2n) is 5.53. The summed E-state index contributed by atoms with van der Waals surface area (Å²) >= 11 is 4.23. The molecule has 0 unspecified atom stereocenters. The van der Waals surface area contributed by atoms with Crippen LogP contribution in [-0.4, -0.2) is 25.2 Å². The van der Waals surface area contributed by atoms with E-state index in [2.05, 4.69) is 92.9 Å². The van der Waals surface area contributed by atoms with Gasteiger partial charge >= 0.3 is 144 Å². The van der Waals surface area contributed by atoms with Crippen LogP contribution in [0.25, 0.3) is 0 Å². The SMILES string of the molecule is C=C[Si](C)(C)O[Si](C)(C)O[Si](C)(C)/C=C\I(I)I. The van der Waals surface area contributed by atoms with Crippen molar-refractivity contribution in [3.05, 3.63) is 22.1 Å². The molecule has 0 aromatic carbocycles. The van der Waals surface area contributed by atoms with Crippen LogP contribution in [0.3, 0.4) is 0 Å². The Morgan fingerprint density at radius 1 is 0.944 bits per heavy atom. The standard InChI is InChI=1S/C10H23I3O2Si3/c1-8-16(2,3)14-18(6,7)15-17(4,5)10-9-13(11)12/h8-10H,1H2,2-7H3/b10-9-. The first kappa shape index (κ1) is 20.2. The second kappa shape index (κ2) is 8.03. The van der Waals surface area contributed by atoms with Gasteiger partial charge in [0, 0.05) is 0 Å². The third-order valence-electron chi connectivity index (χ3n) is 2.07. The van der Waals surface area contributed by atoms with E-state index < -0.39 is 37.1 Å². The molecule has 2 nitrogen and oxygen atoms in total. The van der Waals surface area contributed by atoms with Crippen molar-refractivity contribution in [1.29, 1.82) is 0 Å². The molecule has 0 saturated heterocycles. The topological polar surface area (TPSA) is 18.5 Å². The Balaban J connectivity index is 4.70. The quantitative estimate of drug-likeness (QED) is 0.247.